The maximum atomic E-state index is 13.1. The SMILES string of the molecule is Fc1cc(-c2ncon2)ccc1I. The number of rotatable bonds is 1. The van der Waals surface area contributed by atoms with Crippen LogP contribution < -0.4 is 0 Å². The van der Waals surface area contributed by atoms with Gasteiger partial charge in [-0.2, -0.15) is 4.98 Å². The van der Waals surface area contributed by atoms with E-state index in [0.29, 0.717) is 15.0 Å². The van der Waals surface area contributed by atoms with Crippen LogP contribution in [-0.4, -0.2) is 10.1 Å². The van der Waals surface area contributed by atoms with Crippen LogP contribution in [0.5, 0.6) is 0 Å². The summed E-state index contributed by atoms with van der Waals surface area (Å²) in [5.74, 6) is 0.123. The van der Waals surface area contributed by atoms with Gasteiger partial charge in [-0.3, -0.25) is 0 Å². The Kier molecular flexibility index (Phi) is 2.26. The molecule has 1 aromatic heterocycles. The van der Waals surface area contributed by atoms with Gasteiger partial charge in [0.05, 0.1) is 0 Å². The van der Waals surface area contributed by atoms with Gasteiger partial charge in [0.2, 0.25) is 12.2 Å². The number of nitrogens with zero attached hydrogens (tertiary/aromatic N) is 2. The highest BCUT2D eigenvalue weighted by Gasteiger charge is 2.05. The Balaban J connectivity index is 2.49. The van der Waals surface area contributed by atoms with Gasteiger partial charge in [0.1, 0.15) is 5.82 Å². The third kappa shape index (κ3) is 1.69. The maximum Gasteiger partial charge on any atom is 0.214 e. The molecular weight excluding hydrogens is 286 g/mol. The highest BCUT2D eigenvalue weighted by atomic mass is 127. The van der Waals surface area contributed by atoms with E-state index in [1.54, 1.807) is 12.1 Å². The third-order valence-electron chi connectivity index (χ3n) is 1.54. The highest BCUT2D eigenvalue weighted by Crippen LogP contribution is 2.19. The van der Waals surface area contributed by atoms with E-state index in [9.17, 15) is 4.39 Å². The van der Waals surface area contributed by atoms with Crippen LogP contribution in [0.3, 0.4) is 0 Å². The molecule has 2 aromatic rings. The van der Waals surface area contributed by atoms with Crippen molar-refractivity contribution in [2.24, 2.45) is 0 Å². The van der Waals surface area contributed by atoms with Gasteiger partial charge in [-0.15, -0.1) is 0 Å². The summed E-state index contributed by atoms with van der Waals surface area (Å²) in [5, 5.41) is 3.60. The van der Waals surface area contributed by atoms with Crippen LogP contribution in [0.25, 0.3) is 11.4 Å². The molecule has 0 N–H and O–H groups in total. The lowest BCUT2D eigenvalue weighted by molar-refractivity contribution is 0.418. The average Bonchev–Trinajstić information content (AvgIpc) is 2.62. The first-order valence-electron chi connectivity index (χ1n) is 3.49. The predicted octanol–water partition coefficient (Wildman–Crippen LogP) is 2.48. The van der Waals surface area contributed by atoms with Crippen molar-refractivity contribution in [2.75, 3.05) is 0 Å². The van der Waals surface area contributed by atoms with Crippen molar-refractivity contribution in [3.05, 3.63) is 34.0 Å². The van der Waals surface area contributed by atoms with Gasteiger partial charge in [-0.25, -0.2) is 4.39 Å². The Morgan fingerprint density at radius 3 is 2.85 bits per heavy atom. The zero-order valence-corrected chi connectivity index (χ0v) is 8.53. The van der Waals surface area contributed by atoms with Gasteiger partial charge < -0.3 is 4.52 Å². The summed E-state index contributed by atoms with van der Waals surface area (Å²) in [4.78, 5) is 3.81. The second-order valence-electron chi connectivity index (χ2n) is 2.38. The van der Waals surface area contributed by atoms with Crippen LogP contribution in [-0.2, 0) is 0 Å². The first-order chi connectivity index (χ1) is 6.27. The summed E-state index contributed by atoms with van der Waals surface area (Å²) < 4.78 is 18.2. The molecule has 1 heterocycles. The van der Waals surface area contributed by atoms with E-state index >= 15 is 0 Å². The van der Waals surface area contributed by atoms with E-state index in [1.807, 2.05) is 22.6 Å². The van der Waals surface area contributed by atoms with E-state index in [0.717, 1.165) is 0 Å². The van der Waals surface area contributed by atoms with Gasteiger partial charge in [0.15, 0.2) is 0 Å². The molecule has 0 aliphatic carbocycles. The Labute approximate surface area is 87.1 Å². The summed E-state index contributed by atoms with van der Waals surface area (Å²) in [6.07, 6.45) is 1.21. The molecule has 0 aliphatic rings. The predicted molar refractivity (Wildman–Crippen MR) is 52.4 cm³/mol. The van der Waals surface area contributed by atoms with Gasteiger partial charge in [-0.1, -0.05) is 5.16 Å². The largest absolute Gasteiger partial charge is 0.342 e. The zero-order chi connectivity index (χ0) is 9.26. The second-order valence-corrected chi connectivity index (χ2v) is 3.55. The smallest absolute Gasteiger partial charge is 0.214 e. The number of aromatic nitrogens is 2. The molecule has 0 unspecified atom stereocenters. The molecule has 13 heavy (non-hydrogen) atoms. The molecule has 66 valence electrons. The third-order valence-corrected chi connectivity index (χ3v) is 2.41. The highest BCUT2D eigenvalue weighted by molar-refractivity contribution is 14.1. The van der Waals surface area contributed by atoms with E-state index in [1.165, 1.54) is 12.5 Å². The first kappa shape index (κ1) is 8.61. The van der Waals surface area contributed by atoms with Crippen LogP contribution in [0.1, 0.15) is 0 Å². The fourth-order valence-corrected chi connectivity index (χ4v) is 1.27. The molecule has 0 bridgehead atoms. The molecule has 1 aromatic carbocycles. The fourth-order valence-electron chi connectivity index (χ4n) is 0.933. The van der Waals surface area contributed by atoms with Crippen molar-refractivity contribution in [2.45, 2.75) is 0 Å². The second kappa shape index (κ2) is 3.41. The van der Waals surface area contributed by atoms with Crippen molar-refractivity contribution in [3.8, 4) is 11.4 Å². The molecule has 0 spiro atoms. The monoisotopic (exact) mass is 290 g/mol. The van der Waals surface area contributed by atoms with Crippen LogP contribution in [0, 0.1) is 9.39 Å². The Morgan fingerprint density at radius 2 is 2.23 bits per heavy atom. The molecule has 2 rings (SSSR count). The number of halogens is 2. The van der Waals surface area contributed by atoms with E-state index in [-0.39, 0.29) is 5.82 Å². The molecule has 0 fully saturated rings. The minimum Gasteiger partial charge on any atom is -0.342 e. The average molecular weight is 290 g/mol. The topological polar surface area (TPSA) is 38.9 Å². The molecule has 0 saturated carbocycles. The lowest BCUT2D eigenvalue weighted by Gasteiger charge is -1.96. The minimum atomic E-state index is -0.275. The normalized spacial score (nSPS) is 10.3. The van der Waals surface area contributed by atoms with Crippen LogP contribution in [0.2, 0.25) is 0 Å². The summed E-state index contributed by atoms with van der Waals surface area (Å²) >= 11 is 1.92. The van der Waals surface area contributed by atoms with Crippen LogP contribution in [0.4, 0.5) is 4.39 Å². The van der Waals surface area contributed by atoms with Gasteiger partial charge in [0, 0.05) is 9.13 Å². The Hall–Kier alpha value is -0.980. The molecule has 0 saturated heterocycles. The summed E-state index contributed by atoms with van der Waals surface area (Å²) in [5.41, 5.74) is 0.617. The number of hydrogen-bond donors (Lipinski definition) is 0. The van der Waals surface area contributed by atoms with Crippen molar-refractivity contribution in [1.29, 1.82) is 0 Å². The fraction of sp³-hybridized carbons (Fsp3) is 0. The van der Waals surface area contributed by atoms with Crippen molar-refractivity contribution in [3.63, 3.8) is 0 Å². The summed E-state index contributed by atoms with van der Waals surface area (Å²) in [6, 6.07) is 4.80. The van der Waals surface area contributed by atoms with E-state index < -0.39 is 0 Å². The Bertz CT molecular complexity index is 416. The van der Waals surface area contributed by atoms with E-state index in [2.05, 4.69) is 14.7 Å². The van der Waals surface area contributed by atoms with Gasteiger partial charge in [0.25, 0.3) is 0 Å². The van der Waals surface area contributed by atoms with Crippen molar-refractivity contribution < 1.29 is 8.91 Å². The van der Waals surface area contributed by atoms with Gasteiger partial charge in [-0.05, 0) is 40.8 Å². The summed E-state index contributed by atoms with van der Waals surface area (Å²) in [7, 11) is 0. The molecule has 0 atom stereocenters. The van der Waals surface area contributed by atoms with Crippen molar-refractivity contribution >= 4 is 22.6 Å². The Morgan fingerprint density at radius 1 is 1.38 bits per heavy atom. The molecule has 0 amide bonds. The lowest BCUT2D eigenvalue weighted by atomic mass is 10.2. The number of hydrogen-bond acceptors (Lipinski definition) is 3. The molecule has 0 radical (unpaired) electrons. The zero-order valence-electron chi connectivity index (χ0n) is 6.37. The van der Waals surface area contributed by atoms with Gasteiger partial charge >= 0.3 is 0 Å². The van der Waals surface area contributed by atoms with Crippen LogP contribution in [0.15, 0.2) is 29.1 Å². The molecular formula is C8H4FIN2O. The van der Waals surface area contributed by atoms with E-state index in [4.69, 9.17) is 0 Å². The van der Waals surface area contributed by atoms with Crippen molar-refractivity contribution in [1.82, 2.24) is 10.1 Å². The maximum absolute atomic E-state index is 13.1. The minimum absolute atomic E-state index is 0.275. The summed E-state index contributed by atoms with van der Waals surface area (Å²) in [6.45, 7) is 0. The standard InChI is InChI=1S/C8H4FIN2O/c9-6-3-5(1-2-7(6)10)8-11-4-13-12-8/h1-4H. The number of benzene rings is 1. The quantitative estimate of drug-likeness (QED) is 0.757. The molecule has 3 nitrogen and oxygen atoms in total. The lowest BCUT2D eigenvalue weighted by Crippen LogP contribution is -1.85. The first-order valence-corrected chi connectivity index (χ1v) is 4.57. The molecule has 5 heteroatoms. The van der Waals surface area contributed by atoms with Crippen LogP contribution >= 0.6 is 22.6 Å². The molecule has 0 aliphatic heterocycles.